The van der Waals surface area contributed by atoms with E-state index >= 15 is 0 Å². The maximum absolute atomic E-state index is 10.3. The van der Waals surface area contributed by atoms with E-state index in [4.69, 9.17) is 9.47 Å². The van der Waals surface area contributed by atoms with Gasteiger partial charge in [-0.25, -0.2) is 9.67 Å². The molecule has 0 fully saturated rings. The summed E-state index contributed by atoms with van der Waals surface area (Å²) in [6.45, 7) is 10.1. The number of aliphatic hydroxyl groups excluding tert-OH is 1. The molecule has 2 aromatic heterocycles. The molecule has 1 atom stereocenters. The number of methoxy groups -OCH3 is 1. The van der Waals surface area contributed by atoms with Gasteiger partial charge in [-0.15, -0.1) is 0 Å². The summed E-state index contributed by atoms with van der Waals surface area (Å²) in [7, 11) is 5.26. The smallest absolute Gasteiger partial charge is 0.244 e. The second-order valence-corrected chi connectivity index (χ2v) is 6.22. The second kappa shape index (κ2) is 8.29. The SMILES string of the molecule is C=Cc1c(C(O)OCC)nn(-c2cnc(N(C)C)nc2OC)c1C(C)C. The molecule has 0 bridgehead atoms. The summed E-state index contributed by atoms with van der Waals surface area (Å²) in [6, 6.07) is 0. The molecular weight excluding hydrogens is 334 g/mol. The highest BCUT2D eigenvalue weighted by Gasteiger charge is 2.26. The van der Waals surface area contributed by atoms with Gasteiger partial charge < -0.3 is 19.5 Å². The third-order valence-corrected chi connectivity index (χ3v) is 3.84. The van der Waals surface area contributed by atoms with Crippen LogP contribution in [0.2, 0.25) is 0 Å². The average molecular weight is 361 g/mol. The highest BCUT2D eigenvalue weighted by molar-refractivity contribution is 5.57. The van der Waals surface area contributed by atoms with Gasteiger partial charge in [0.25, 0.3) is 0 Å². The zero-order valence-electron chi connectivity index (χ0n) is 16.2. The van der Waals surface area contributed by atoms with Gasteiger partial charge in [-0.1, -0.05) is 26.5 Å². The van der Waals surface area contributed by atoms with E-state index < -0.39 is 6.29 Å². The molecule has 0 spiro atoms. The number of ether oxygens (including phenoxy) is 2. The molecule has 142 valence electrons. The van der Waals surface area contributed by atoms with E-state index in [2.05, 4.69) is 21.6 Å². The Bertz CT molecular complexity index is 770. The molecule has 0 aromatic carbocycles. The van der Waals surface area contributed by atoms with Crippen LogP contribution >= 0.6 is 0 Å². The minimum atomic E-state index is -1.14. The van der Waals surface area contributed by atoms with E-state index in [1.807, 2.05) is 34.9 Å². The van der Waals surface area contributed by atoms with Crippen molar-refractivity contribution in [1.82, 2.24) is 19.7 Å². The average Bonchev–Trinajstić information content (AvgIpc) is 3.00. The molecule has 0 aliphatic carbocycles. The van der Waals surface area contributed by atoms with Gasteiger partial charge in [0.15, 0.2) is 0 Å². The summed E-state index contributed by atoms with van der Waals surface area (Å²) >= 11 is 0. The Morgan fingerprint density at radius 2 is 2.08 bits per heavy atom. The van der Waals surface area contributed by atoms with Gasteiger partial charge in [0.2, 0.25) is 18.1 Å². The molecule has 2 rings (SSSR count). The highest BCUT2D eigenvalue weighted by atomic mass is 16.6. The molecule has 8 nitrogen and oxygen atoms in total. The van der Waals surface area contributed by atoms with Crippen molar-refractivity contribution in [2.75, 3.05) is 32.7 Å². The summed E-state index contributed by atoms with van der Waals surface area (Å²) in [4.78, 5) is 10.6. The van der Waals surface area contributed by atoms with Crippen LogP contribution in [0.4, 0.5) is 5.95 Å². The number of aliphatic hydroxyl groups is 1. The molecule has 1 N–H and O–H groups in total. The number of nitrogens with zero attached hydrogens (tertiary/aromatic N) is 5. The Morgan fingerprint density at radius 3 is 2.58 bits per heavy atom. The lowest BCUT2D eigenvalue weighted by Gasteiger charge is -2.16. The number of hydrogen-bond donors (Lipinski definition) is 1. The summed E-state index contributed by atoms with van der Waals surface area (Å²) in [5.74, 6) is 1.03. The van der Waals surface area contributed by atoms with E-state index in [0.29, 0.717) is 29.8 Å². The number of anilines is 1. The molecule has 0 saturated carbocycles. The van der Waals surface area contributed by atoms with Crippen LogP contribution in [0.15, 0.2) is 12.8 Å². The van der Waals surface area contributed by atoms with Gasteiger partial charge in [-0.3, -0.25) is 0 Å². The summed E-state index contributed by atoms with van der Waals surface area (Å²) < 4.78 is 12.5. The van der Waals surface area contributed by atoms with Crippen LogP contribution in [-0.2, 0) is 4.74 Å². The molecule has 0 radical (unpaired) electrons. The van der Waals surface area contributed by atoms with E-state index in [0.717, 1.165) is 11.3 Å². The summed E-state index contributed by atoms with van der Waals surface area (Å²) in [5, 5.41) is 14.9. The highest BCUT2D eigenvalue weighted by Crippen LogP contribution is 2.32. The van der Waals surface area contributed by atoms with Crippen LogP contribution in [0.25, 0.3) is 11.8 Å². The van der Waals surface area contributed by atoms with E-state index in [1.165, 1.54) is 0 Å². The van der Waals surface area contributed by atoms with E-state index in [1.54, 1.807) is 29.0 Å². The summed E-state index contributed by atoms with van der Waals surface area (Å²) in [5.41, 5.74) is 2.59. The monoisotopic (exact) mass is 361 g/mol. The molecular formula is C18H27N5O3. The Labute approximate surface area is 154 Å². The molecule has 0 amide bonds. The summed E-state index contributed by atoms with van der Waals surface area (Å²) in [6.07, 6.45) is 2.20. The van der Waals surface area contributed by atoms with Crippen LogP contribution in [0.3, 0.4) is 0 Å². The van der Waals surface area contributed by atoms with Gasteiger partial charge in [0.05, 0.1) is 19.0 Å². The predicted octanol–water partition coefficient (Wildman–Crippen LogP) is 2.53. The van der Waals surface area contributed by atoms with E-state index in [-0.39, 0.29) is 5.92 Å². The van der Waals surface area contributed by atoms with Crippen molar-refractivity contribution in [2.45, 2.75) is 33.0 Å². The standard InChI is InChI=1S/C18H27N5O3/c1-8-12-14(17(24)26-9-2)21-23(15(12)11(3)4)13-10-19-18(22(5)6)20-16(13)25-7/h8,10-11,17,24H,1,9H2,2-7H3. The Hall–Kier alpha value is -2.45. The van der Waals surface area contributed by atoms with Crippen LogP contribution in [0.5, 0.6) is 5.88 Å². The maximum atomic E-state index is 10.3. The Kier molecular flexibility index (Phi) is 6.33. The lowest BCUT2D eigenvalue weighted by Crippen LogP contribution is -2.15. The van der Waals surface area contributed by atoms with Crippen LogP contribution in [-0.4, -0.2) is 52.7 Å². The first-order valence-electron chi connectivity index (χ1n) is 8.49. The first kappa shape index (κ1) is 19.9. The predicted molar refractivity (Wildman–Crippen MR) is 101 cm³/mol. The fourth-order valence-corrected chi connectivity index (χ4v) is 2.69. The van der Waals surface area contributed by atoms with Crippen molar-refractivity contribution < 1.29 is 14.6 Å². The number of hydrogen-bond acceptors (Lipinski definition) is 7. The minimum Gasteiger partial charge on any atom is -0.479 e. The van der Waals surface area contributed by atoms with Crippen molar-refractivity contribution in [3.63, 3.8) is 0 Å². The minimum absolute atomic E-state index is 0.108. The van der Waals surface area contributed by atoms with Crippen molar-refractivity contribution in [2.24, 2.45) is 0 Å². The molecule has 8 heteroatoms. The van der Waals surface area contributed by atoms with Gasteiger partial charge in [0.1, 0.15) is 11.4 Å². The molecule has 26 heavy (non-hydrogen) atoms. The first-order chi connectivity index (χ1) is 12.3. The molecule has 0 aliphatic heterocycles. The van der Waals surface area contributed by atoms with Gasteiger partial charge >= 0.3 is 0 Å². The Morgan fingerprint density at radius 1 is 1.38 bits per heavy atom. The zero-order chi connectivity index (χ0) is 19.4. The number of rotatable bonds is 8. The lowest BCUT2D eigenvalue weighted by molar-refractivity contribution is -0.101. The van der Waals surface area contributed by atoms with Gasteiger partial charge in [0, 0.05) is 26.3 Å². The topological polar surface area (TPSA) is 85.5 Å². The third kappa shape index (κ3) is 3.71. The zero-order valence-corrected chi connectivity index (χ0v) is 16.2. The van der Waals surface area contributed by atoms with Crippen LogP contribution in [0, 0.1) is 0 Å². The van der Waals surface area contributed by atoms with Crippen molar-refractivity contribution in [3.8, 4) is 11.6 Å². The van der Waals surface area contributed by atoms with Crippen molar-refractivity contribution in [3.05, 3.63) is 29.7 Å². The fraction of sp³-hybridized carbons (Fsp3) is 0.500. The second-order valence-electron chi connectivity index (χ2n) is 6.22. The molecule has 2 aromatic rings. The van der Waals surface area contributed by atoms with Crippen LogP contribution in [0.1, 0.15) is 49.9 Å². The molecule has 0 saturated heterocycles. The van der Waals surface area contributed by atoms with Crippen molar-refractivity contribution in [1.29, 1.82) is 0 Å². The Balaban J connectivity index is 2.71. The lowest BCUT2D eigenvalue weighted by atomic mass is 10.0. The molecule has 1 unspecified atom stereocenters. The largest absolute Gasteiger partial charge is 0.479 e. The maximum Gasteiger partial charge on any atom is 0.244 e. The van der Waals surface area contributed by atoms with Crippen LogP contribution < -0.4 is 9.64 Å². The first-order valence-corrected chi connectivity index (χ1v) is 8.49. The normalized spacial score (nSPS) is 12.3. The van der Waals surface area contributed by atoms with Crippen molar-refractivity contribution >= 4 is 12.0 Å². The molecule has 2 heterocycles. The fourth-order valence-electron chi connectivity index (χ4n) is 2.69. The van der Waals surface area contributed by atoms with Gasteiger partial charge in [-0.2, -0.15) is 10.1 Å². The molecule has 0 aliphatic rings. The third-order valence-electron chi connectivity index (χ3n) is 3.84. The van der Waals surface area contributed by atoms with Gasteiger partial charge in [-0.05, 0) is 12.8 Å². The van der Waals surface area contributed by atoms with E-state index in [9.17, 15) is 5.11 Å². The quantitative estimate of drug-likeness (QED) is 0.723. The number of aromatic nitrogens is 4.